The molecular weight excluding hydrogens is 500 g/mol. The van der Waals surface area contributed by atoms with E-state index in [0.29, 0.717) is 12.8 Å². The van der Waals surface area contributed by atoms with Crippen molar-refractivity contribution >= 4 is 11.9 Å². The first kappa shape index (κ1) is 38.9. The summed E-state index contributed by atoms with van der Waals surface area (Å²) < 4.78 is 10.6. The number of hydrogen-bond acceptors (Lipinski definition) is 5. The summed E-state index contributed by atoms with van der Waals surface area (Å²) in [5.74, 6) is 1.07. The van der Waals surface area contributed by atoms with E-state index in [1.165, 1.54) is 103 Å². The maximum absolute atomic E-state index is 12.1. The zero-order chi connectivity index (χ0) is 29.7. The SMILES string of the molecule is CC(C)CCCCCCCCCCCCC(=O)OC[C@H](CO)OC(=O)CCCCCCCCCCCCC(C)C. The van der Waals surface area contributed by atoms with Gasteiger partial charge in [0.05, 0.1) is 6.61 Å². The molecular formula is C35H68O5. The van der Waals surface area contributed by atoms with E-state index in [4.69, 9.17) is 9.47 Å². The van der Waals surface area contributed by atoms with Crippen molar-refractivity contribution in [2.24, 2.45) is 11.8 Å². The standard InChI is InChI=1S/C35H68O5/c1-31(2)25-21-17-13-9-5-7-11-15-19-23-27-34(37)39-30-33(29-36)40-35(38)28-24-20-16-12-8-6-10-14-18-22-26-32(3)4/h31-33,36H,5-30H2,1-4H3/t33-/m0/s1. The number of carbonyl (C=O) groups is 2. The van der Waals surface area contributed by atoms with Crippen molar-refractivity contribution in [2.75, 3.05) is 13.2 Å². The number of unbranched alkanes of at least 4 members (excludes halogenated alkanes) is 18. The second-order valence-electron chi connectivity index (χ2n) is 12.9. The number of aliphatic hydroxyl groups excluding tert-OH is 1. The summed E-state index contributed by atoms with van der Waals surface area (Å²) in [6.07, 6.45) is 27.3. The van der Waals surface area contributed by atoms with Gasteiger partial charge in [0.1, 0.15) is 6.61 Å². The van der Waals surface area contributed by atoms with Crippen molar-refractivity contribution in [3.8, 4) is 0 Å². The fourth-order valence-corrected chi connectivity index (χ4v) is 5.10. The molecule has 0 aromatic heterocycles. The highest BCUT2D eigenvalue weighted by atomic mass is 16.6. The highest BCUT2D eigenvalue weighted by Gasteiger charge is 2.16. The maximum atomic E-state index is 12.1. The Bertz CT molecular complexity index is 560. The Hall–Kier alpha value is -1.10. The van der Waals surface area contributed by atoms with Gasteiger partial charge in [0.2, 0.25) is 0 Å². The third-order valence-electron chi connectivity index (χ3n) is 7.76. The predicted octanol–water partition coefficient (Wildman–Crippen LogP) is 10.1. The van der Waals surface area contributed by atoms with E-state index in [1.807, 2.05) is 0 Å². The normalized spacial score (nSPS) is 12.3. The van der Waals surface area contributed by atoms with Gasteiger partial charge in [0.15, 0.2) is 6.10 Å². The van der Waals surface area contributed by atoms with E-state index in [-0.39, 0.29) is 25.2 Å². The van der Waals surface area contributed by atoms with Crippen LogP contribution in [0, 0.1) is 11.8 Å². The molecule has 0 saturated heterocycles. The summed E-state index contributed by atoms with van der Waals surface area (Å²) in [7, 11) is 0. The Labute approximate surface area is 248 Å². The summed E-state index contributed by atoms with van der Waals surface area (Å²) >= 11 is 0. The molecule has 0 rings (SSSR count). The summed E-state index contributed by atoms with van der Waals surface area (Å²) in [4.78, 5) is 24.1. The molecule has 0 aliphatic heterocycles. The second kappa shape index (κ2) is 29.4. The number of esters is 2. The molecule has 0 bridgehead atoms. The minimum atomic E-state index is -0.762. The van der Waals surface area contributed by atoms with Crippen LogP contribution in [0.2, 0.25) is 0 Å². The minimum Gasteiger partial charge on any atom is -0.462 e. The minimum absolute atomic E-state index is 0.0598. The van der Waals surface area contributed by atoms with Crippen molar-refractivity contribution in [1.29, 1.82) is 0 Å². The molecule has 0 unspecified atom stereocenters. The lowest BCUT2D eigenvalue weighted by atomic mass is 10.0. The fourth-order valence-electron chi connectivity index (χ4n) is 5.10. The Kier molecular flexibility index (Phi) is 28.6. The fraction of sp³-hybridized carbons (Fsp3) is 0.943. The van der Waals surface area contributed by atoms with Gasteiger partial charge in [-0.25, -0.2) is 0 Å². The van der Waals surface area contributed by atoms with Gasteiger partial charge in [-0.15, -0.1) is 0 Å². The first-order valence-corrected chi connectivity index (χ1v) is 17.3. The number of hydrogen-bond donors (Lipinski definition) is 1. The lowest BCUT2D eigenvalue weighted by Gasteiger charge is -2.15. The maximum Gasteiger partial charge on any atom is 0.306 e. The van der Waals surface area contributed by atoms with Crippen LogP contribution in [0.25, 0.3) is 0 Å². The predicted molar refractivity (Wildman–Crippen MR) is 168 cm³/mol. The second-order valence-corrected chi connectivity index (χ2v) is 12.9. The molecule has 0 radical (unpaired) electrons. The third-order valence-corrected chi connectivity index (χ3v) is 7.76. The van der Waals surface area contributed by atoms with Gasteiger partial charge in [0, 0.05) is 12.8 Å². The van der Waals surface area contributed by atoms with Crippen molar-refractivity contribution < 1.29 is 24.2 Å². The average molecular weight is 569 g/mol. The van der Waals surface area contributed by atoms with Gasteiger partial charge in [-0.2, -0.15) is 0 Å². The van der Waals surface area contributed by atoms with Gasteiger partial charge in [0.25, 0.3) is 0 Å². The number of ether oxygens (including phenoxy) is 2. The molecule has 0 aliphatic rings. The first-order valence-electron chi connectivity index (χ1n) is 17.3. The molecule has 5 nitrogen and oxygen atoms in total. The molecule has 1 N–H and O–H groups in total. The number of aliphatic hydroxyl groups is 1. The Morgan fingerprint density at radius 1 is 0.500 bits per heavy atom. The number of carbonyl (C=O) groups excluding carboxylic acids is 2. The monoisotopic (exact) mass is 569 g/mol. The highest BCUT2D eigenvalue weighted by molar-refractivity contribution is 5.70. The molecule has 40 heavy (non-hydrogen) atoms. The third kappa shape index (κ3) is 29.9. The smallest absolute Gasteiger partial charge is 0.306 e. The molecule has 0 amide bonds. The Balaban J connectivity index is 3.55. The van der Waals surface area contributed by atoms with Crippen LogP contribution in [0.15, 0.2) is 0 Å². The zero-order valence-electron chi connectivity index (χ0n) is 27.2. The summed E-state index contributed by atoms with van der Waals surface area (Å²) in [6, 6.07) is 0. The quantitative estimate of drug-likeness (QED) is 0.0689. The summed E-state index contributed by atoms with van der Waals surface area (Å²) in [5.41, 5.74) is 0. The topological polar surface area (TPSA) is 72.8 Å². The number of rotatable bonds is 30. The van der Waals surface area contributed by atoms with Crippen LogP contribution in [0.3, 0.4) is 0 Å². The molecule has 5 heteroatoms. The van der Waals surface area contributed by atoms with Gasteiger partial charge in [-0.05, 0) is 24.7 Å². The molecule has 238 valence electrons. The van der Waals surface area contributed by atoms with Crippen molar-refractivity contribution in [3.63, 3.8) is 0 Å². The van der Waals surface area contributed by atoms with E-state index in [1.54, 1.807) is 0 Å². The molecule has 0 saturated carbocycles. The zero-order valence-corrected chi connectivity index (χ0v) is 27.2. The van der Waals surface area contributed by atoms with Crippen LogP contribution < -0.4 is 0 Å². The van der Waals surface area contributed by atoms with E-state index in [9.17, 15) is 14.7 Å². The molecule has 0 spiro atoms. The van der Waals surface area contributed by atoms with Crippen molar-refractivity contribution in [3.05, 3.63) is 0 Å². The van der Waals surface area contributed by atoms with Gasteiger partial charge in [-0.3, -0.25) is 9.59 Å². The molecule has 1 atom stereocenters. The Morgan fingerprint density at radius 2 is 0.825 bits per heavy atom. The van der Waals surface area contributed by atoms with Crippen LogP contribution in [-0.4, -0.2) is 36.4 Å². The first-order chi connectivity index (χ1) is 19.3. The molecule has 0 aromatic rings. The van der Waals surface area contributed by atoms with Crippen LogP contribution in [0.5, 0.6) is 0 Å². The largest absolute Gasteiger partial charge is 0.462 e. The van der Waals surface area contributed by atoms with Crippen LogP contribution >= 0.6 is 0 Å². The summed E-state index contributed by atoms with van der Waals surface area (Å²) in [6.45, 7) is 8.80. The van der Waals surface area contributed by atoms with Gasteiger partial charge in [-0.1, -0.05) is 156 Å². The van der Waals surface area contributed by atoms with Crippen LogP contribution in [-0.2, 0) is 19.1 Å². The van der Waals surface area contributed by atoms with E-state index < -0.39 is 6.10 Å². The average Bonchev–Trinajstić information content (AvgIpc) is 2.91. The highest BCUT2D eigenvalue weighted by Crippen LogP contribution is 2.15. The molecule has 0 aromatic carbocycles. The van der Waals surface area contributed by atoms with E-state index >= 15 is 0 Å². The van der Waals surface area contributed by atoms with Crippen molar-refractivity contribution in [1.82, 2.24) is 0 Å². The van der Waals surface area contributed by atoms with Gasteiger partial charge < -0.3 is 14.6 Å². The van der Waals surface area contributed by atoms with E-state index in [2.05, 4.69) is 27.7 Å². The molecule has 0 fully saturated rings. The summed E-state index contributed by atoms with van der Waals surface area (Å²) in [5, 5.41) is 9.50. The van der Waals surface area contributed by atoms with Crippen LogP contribution in [0.4, 0.5) is 0 Å². The lowest BCUT2D eigenvalue weighted by molar-refractivity contribution is -0.161. The lowest BCUT2D eigenvalue weighted by Crippen LogP contribution is -2.28. The van der Waals surface area contributed by atoms with E-state index in [0.717, 1.165) is 50.4 Å². The van der Waals surface area contributed by atoms with Crippen molar-refractivity contribution in [2.45, 2.75) is 188 Å². The Morgan fingerprint density at radius 3 is 1.18 bits per heavy atom. The van der Waals surface area contributed by atoms with Gasteiger partial charge >= 0.3 is 11.9 Å². The molecule has 0 aliphatic carbocycles. The molecule has 0 heterocycles. The van der Waals surface area contributed by atoms with Crippen LogP contribution in [0.1, 0.15) is 182 Å².